The molecule has 1 amide bonds. The highest BCUT2D eigenvalue weighted by molar-refractivity contribution is 5.97. The van der Waals surface area contributed by atoms with Crippen molar-refractivity contribution < 1.29 is 24.2 Å². The van der Waals surface area contributed by atoms with Gasteiger partial charge in [-0.15, -0.1) is 0 Å². The van der Waals surface area contributed by atoms with Crippen molar-refractivity contribution in [3.05, 3.63) is 29.8 Å². The third-order valence-corrected chi connectivity index (χ3v) is 3.21. The summed E-state index contributed by atoms with van der Waals surface area (Å²) in [6.07, 6.45) is -0.705. The van der Waals surface area contributed by atoms with Crippen molar-refractivity contribution in [3.8, 4) is 5.75 Å². The molecule has 0 radical (unpaired) electrons. The standard InChI is InChI=1S/C16H23NO5/c1-11(16(20)22-4)9-17(10-12(2)18)15(19)13-7-5-6-8-14(13)21-3/h5-8,11-12,18H,9-10H2,1-4H3. The van der Waals surface area contributed by atoms with E-state index < -0.39 is 18.0 Å². The number of nitrogens with zero attached hydrogens (tertiary/aromatic N) is 1. The van der Waals surface area contributed by atoms with Crippen molar-refractivity contribution in [1.82, 2.24) is 4.90 Å². The zero-order valence-corrected chi connectivity index (χ0v) is 13.4. The maximum Gasteiger partial charge on any atom is 0.310 e. The number of aliphatic hydroxyl groups excluding tert-OH is 1. The molecule has 1 aromatic rings. The minimum absolute atomic E-state index is 0.123. The molecular formula is C16H23NO5. The van der Waals surface area contributed by atoms with Crippen LogP contribution in [0.15, 0.2) is 24.3 Å². The molecule has 6 heteroatoms. The van der Waals surface area contributed by atoms with Gasteiger partial charge in [0.25, 0.3) is 5.91 Å². The van der Waals surface area contributed by atoms with Crippen molar-refractivity contribution in [3.63, 3.8) is 0 Å². The topological polar surface area (TPSA) is 76.1 Å². The summed E-state index contributed by atoms with van der Waals surface area (Å²) in [5.74, 6) is -0.728. The number of rotatable bonds is 7. The van der Waals surface area contributed by atoms with E-state index in [0.29, 0.717) is 11.3 Å². The number of carbonyl (C=O) groups excluding carboxylic acids is 2. The average molecular weight is 309 g/mol. The van der Waals surface area contributed by atoms with Crippen molar-refractivity contribution in [1.29, 1.82) is 0 Å². The Morgan fingerprint density at radius 1 is 1.18 bits per heavy atom. The summed E-state index contributed by atoms with van der Waals surface area (Å²) >= 11 is 0. The van der Waals surface area contributed by atoms with Crippen LogP contribution in [0.3, 0.4) is 0 Å². The van der Waals surface area contributed by atoms with Crippen molar-refractivity contribution in [2.45, 2.75) is 20.0 Å². The number of para-hydroxylation sites is 1. The molecule has 1 rings (SSSR count). The molecule has 0 spiro atoms. The molecule has 2 atom stereocenters. The van der Waals surface area contributed by atoms with Gasteiger partial charge in [0.15, 0.2) is 0 Å². The van der Waals surface area contributed by atoms with E-state index in [1.165, 1.54) is 19.1 Å². The molecule has 1 aromatic carbocycles. The molecule has 0 aliphatic rings. The third-order valence-electron chi connectivity index (χ3n) is 3.21. The molecule has 1 N–H and O–H groups in total. The van der Waals surface area contributed by atoms with Gasteiger partial charge in [0.05, 0.1) is 31.8 Å². The minimum Gasteiger partial charge on any atom is -0.496 e. The first-order valence-corrected chi connectivity index (χ1v) is 7.08. The van der Waals surface area contributed by atoms with Crippen LogP contribution in [0, 0.1) is 5.92 Å². The van der Waals surface area contributed by atoms with E-state index in [9.17, 15) is 14.7 Å². The molecule has 0 heterocycles. The van der Waals surface area contributed by atoms with Gasteiger partial charge >= 0.3 is 5.97 Å². The summed E-state index contributed by atoms with van der Waals surface area (Å²) < 4.78 is 9.88. The maximum atomic E-state index is 12.7. The molecule has 0 aliphatic heterocycles. The van der Waals surface area contributed by atoms with Gasteiger partial charge in [-0.25, -0.2) is 0 Å². The number of hydrogen-bond donors (Lipinski definition) is 1. The van der Waals surface area contributed by atoms with Gasteiger partial charge in [-0.05, 0) is 19.1 Å². The first-order valence-electron chi connectivity index (χ1n) is 7.08. The lowest BCUT2D eigenvalue weighted by Crippen LogP contribution is -2.41. The molecule has 0 aromatic heterocycles. The quantitative estimate of drug-likeness (QED) is 0.769. The molecule has 0 aliphatic carbocycles. The lowest BCUT2D eigenvalue weighted by atomic mass is 10.1. The molecule has 0 bridgehead atoms. The summed E-state index contributed by atoms with van der Waals surface area (Å²) in [5.41, 5.74) is 0.391. The minimum atomic E-state index is -0.705. The van der Waals surface area contributed by atoms with Crippen LogP contribution in [0.25, 0.3) is 0 Å². The lowest BCUT2D eigenvalue weighted by Gasteiger charge is -2.26. The van der Waals surface area contributed by atoms with Crippen LogP contribution in [0.4, 0.5) is 0 Å². The Balaban J connectivity index is 3.00. The smallest absolute Gasteiger partial charge is 0.310 e. The third kappa shape index (κ3) is 4.73. The Kier molecular flexibility index (Phi) is 6.85. The van der Waals surface area contributed by atoms with E-state index in [1.54, 1.807) is 38.1 Å². The molecule has 6 nitrogen and oxygen atoms in total. The Morgan fingerprint density at radius 2 is 1.82 bits per heavy atom. The molecule has 0 saturated heterocycles. The van der Waals surface area contributed by atoms with Crippen molar-refractivity contribution >= 4 is 11.9 Å². The van der Waals surface area contributed by atoms with Gasteiger partial charge in [-0.2, -0.15) is 0 Å². The number of amides is 1. The summed E-state index contributed by atoms with van der Waals surface area (Å²) in [6, 6.07) is 6.85. The highest BCUT2D eigenvalue weighted by Crippen LogP contribution is 2.20. The van der Waals surface area contributed by atoms with E-state index in [0.717, 1.165) is 0 Å². The molecular weight excluding hydrogens is 286 g/mol. The monoisotopic (exact) mass is 309 g/mol. The van der Waals surface area contributed by atoms with Gasteiger partial charge < -0.3 is 19.5 Å². The zero-order valence-electron chi connectivity index (χ0n) is 13.4. The highest BCUT2D eigenvalue weighted by Gasteiger charge is 2.25. The van der Waals surface area contributed by atoms with Gasteiger partial charge in [0, 0.05) is 13.1 Å². The summed E-state index contributed by atoms with van der Waals surface area (Å²) in [7, 11) is 2.79. The second-order valence-corrected chi connectivity index (χ2v) is 5.18. The van der Waals surface area contributed by atoms with E-state index in [1.807, 2.05) is 0 Å². The number of ether oxygens (including phenoxy) is 2. The van der Waals surface area contributed by atoms with E-state index in [4.69, 9.17) is 4.74 Å². The van der Waals surface area contributed by atoms with Crippen LogP contribution >= 0.6 is 0 Å². The molecule has 0 fully saturated rings. The van der Waals surface area contributed by atoms with Crippen LogP contribution in [-0.4, -0.2) is 55.3 Å². The second kappa shape index (κ2) is 8.38. The molecule has 2 unspecified atom stereocenters. The van der Waals surface area contributed by atoms with Crippen LogP contribution in [0.2, 0.25) is 0 Å². The molecule has 0 saturated carbocycles. The summed E-state index contributed by atoms with van der Waals surface area (Å²) in [5, 5.41) is 9.61. The fourth-order valence-electron chi connectivity index (χ4n) is 2.16. The number of hydrogen-bond acceptors (Lipinski definition) is 5. The van der Waals surface area contributed by atoms with Crippen LogP contribution in [0.5, 0.6) is 5.75 Å². The Labute approximate surface area is 130 Å². The van der Waals surface area contributed by atoms with Crippen LogP contribution < -0.4 is 4.74 Å². The molecule has 122 valence electrons. The number of aliphatic hydroxyl groups is 1. The van der Waals surface area contributed by atoms with Crippen molar-refractivity contribution in [2.24, 2.45) is 5.92 Å². The average Bonchev–Trinajstić information content (AvgIpc) is 2.52. The van der Waals surface area contributed by atoms with E-state index in [-0.39, 0.29) is 19.0 Å². The predicted molar refractivity (Wildman–Crippen MR) is 81.8 cm³/mol. The zero-order chi connectivity index (χ0) is 16.7. The second-order valence-electron chi connectivity index (χ2n) is 5.18. The van der Waals surface area contributed by atoms with Gasteiger partial charge in [-0.1, -0.05) is 19.1 Å². The van der Waals surface area contributed by atoms with E-state index in [2.05, 4.69) is 4.74 Å². The number of methoxy groups -OCH3 is 2. The number of carbonyl (C=O) groups is 2. The fraction of sp³-hybridized carbons (Fsp3) is 0.500. The Morgan fingerprint density at radius 3 is 2.36 bits per heavy atom. The van der Waals surface area contributed by atoms with Gasteiger partial charge in [0.2, 0.25) is 0 Å². The normalized spacial score (nSPS) is 13.1. The first-order chi connectivity index (χ1) is 10.4. The Bertz CT molecular complexity index is 515. The van der Waals surface area contributed by atoms with E-state index >= 15 is 0 Å². The van der Waals surface area contributed by atoms with Crippen molar-refractivity contribution in [2.75, 3.05) is 27.3 Å². The highest BCUT2D eigenvalue weighted by atomic mass is 16.5. The van der Waals surface area contributed by atoms with Gasteiger partial charge in [-0.3, -0.25) is 9.59 Å². The van der Waals surface area contributed by atoms with Crippen LogP contribution in [0.1, 0.15) is 24.2 Å². The molecule has 22 heavy (non-hydrogen) atoms. The summed E-state index contributed by atoms with van der Waals surface area (Å²) in [4.78, 5) is 25.7. The number of esters is 1. The predicted octanol–water partition coefficient (Wildman–Crippen LogP) is 1.33. The maximum absolute atomic E-state index is 12.7. The number of benzene rings is 1. The lowest BCUT2D eigenvalue weighted by molar-refractivity contribution is -0.145. The SMILES string of the molecule is COC(=O)C(C)CN(CC(C)O)C(=O)c1ccccc1OC. The van der Waals surface area contributed by atoms with Gasteiger partial charge in [0.1, 0.15) is 5.75 Å². The largest absolute Gasteiger partial charge is 0.496 e. The Hall–Kier alpha value is -2.08. The summed E-state index contributed by atoms with van der Waals surface area (Å²) in [6.45, 7) is 3.55. The first kappa shape index (κ1) is 18.0. The van der Waals surface area contributed by atoms with Crippen LogP contribution in [-0.2, 0) is 9.53 Å². The fourth-order valence-corrected chi connectivity index (χ4v) is 2.16.